The number of ether oxygens (including phenoxy) is 1. The molecule has 1 aliphatic carbocycles. The lowest BCUT2D eigenvalue weighted by atomic mass is 9.70. The summed E-state index contributed by atoms with van der Waals surface area (Å²) in [4.78, 5) is 0. The molecule has 140 valence electrons. The van der Waals surface area contributed by atoms with E-state index in [1.165, 1.54) is 5.57 Å². The van der Waals surface area contributed by atoms with Gasteiger partial charge in [0.05, 0.1) is 7.11 Å². The molecule has 0 saturated heterocycles. The molecular weight excluding hydrogens is 328 g/mol. The van der Waals surface area contributed by atoms with Crippen molar-refractivity contribution in [1.82, 2.24) is 10.2 Å². The van der Waals surface area contributed by atoms with Gasteiger partial charge in [0, 0.05) is 24.5 Å². The van der Waals surface area contributed by atoms with Gasteiger partial charge in [0.25, 0.3) is 0 Å². The fourth-order valence-electron chi connectivity index (χ4n) is 3.88. The Morgan fingerprint density at radius 1 is 1.23 bits per heavy atom. The Bertz CT molecular complexity index is 749. The zero-order valence-electron chi connectivity index (χ0n) is 16.0. The smallest absolute Gasteiger partial charge is 0.247 e. The molecule has 1 heterocycles. The van der Waals surface area contributed by atoms with Gasteiger partial charge in [0.15, 0.2) is 0 Å². The topological polar surface area (TPSA) is 68.4 Å². The van der Waals surface area contributed by atoms with Crippen LogP contribution in [0.2, 0.25) is 0 Å². The Morgan fingerprint density at radius 2 is 1.96 bits per heavy atom. The minimum absolute atomic E-state index is 0.217. The second-order valence-electron chi connectivity index (χ2n) is 7.53. The van der Waals surface area contributed by atoms with E-state index in [1.54, 1.807) is 7.11 Å². The molecular formula is C21H28N2O3. The molecule has 0 fully saturated rings. The number of aliphatic hydroxyl groups is 1. The van der Waals surface area contributed by atoms with Crippen molar-refractivity contribution < 1.29 is 14.3 Å². The van der Waals surface area contributed by atoms with Crippen LogP contribution in [0.1, 0.15) is 33.1 Å². The molecule has 0 unspecified atom stereocenters. The minimum Gasteiger partial charge on any atom is -0.497 e. The maximum Gasteiger partial charge on any atom is 0.247 e. The SMILES string of the molecule is COc1ccc(-c2nnc(C[C@@H]3C[C@@H](C(C)C)[C@H](CO)C=C3C)o2)cc1. The summed E-state index contributed by atoms with van der Waals surface area (Å²) in [5, 5.41) is 18.1. The van der Waals surface area contributed by atoms with Crippen molar-refractivity contribution in [2.24, 2.45) is 23.7 Å². The van der Waals surface area contributed by atoms with Gasteiger partial charge in [-0.1, -0.05) is 25.5 Å². The molecule has 5 nitrogen and oxygen atoms in total. The average molecular weight is 356 g/mol. The van der Waals surface area contributed by atoms with Crippen molar-refractivity contribution in [2.45, 2.75) is 33.6 Å². The quantitative estimate of drug-likeness (QED) is 0.788. The summed E-state index contributed by atoms with van der Waals surface area (Å²) in [5.74, 6) is 3.66. The summed E-state index contributed by atoms with van der Waals surface area (Å²) in [5.41, 5.74) is 2.20. The third kappa shape index (κ3) is 3.98. The first-order valence-electron chi connectivity index (χ1n) is 9.27. The van der Waals surface area contributed by atoms with Crippen LogP contribution < -0.4 is 4.74 Å². The monoisotopic (exact) mass is 356 g/mol. The highest BCUT2D eigenvalue weighted by molar-refractivity contribution is 5.53. The van der Waals surface area contributed by atoms with Crippen molar-refractivity contribution in [2.75, 3.05) is 13.7 Å². The molecule has 5 heteroatoms. The zero-order chi connectivity index (χ0) is 18.7. The lowest BCUT2D eigenvalue weighted by Gasteiger charge is -2.36. The molecule has 0 saturated carbocycles. The van der Waals surface area contributed by atoms with Gasteiger partial charge in [-0.2, -0.15) is 0 Å². The standard InChI is InChI=1S/C21H28N2O3/c1-13(2)19-10-16(14(3)9-17(19)12-24)11-20-22-23-21(26-20)15-5-7-18(25-4)8-6-15/h5-9,13,16-17,19,24H,10-12H2,1-4H3/t16-,17-,19-/m0/s1. The molecule has 1 aromatic carbocycles. The van der Waals surface area contributed by atoms with E-state index < -0.39 is 0 Å². The average Bonchev–Trinajstić information content (AvgIpc) is 3.11. The Balaban J connectivity index is 1.74. The minimum atomic E-state index is 0.217. The van der Waals surface area contributed by atoms with Crippen LogP contribution in [-0.4, -0.2) is 29.0 Å². The second kappa shape index (κ2) is 8.04. The first-order chi connectivity index (χ1) is 12.5. The van der Waals surface area contributed by atoms with Gasteiger partial charge < -0.3 is 14.3 Å². The van der Waals surface area contributed by atoms with Gasteiger partial charge >= 0.3 is 0 Å². The molecule has 0 spiro atoms. The van der Waals surface area contributed by atoms with Crippen molar-refractivity contribution in [3.63, 3.8) is 0 Å². The van der Waals surface area contributed by atoms with Crippen LogP contribution in [0.25, 0.3) is 11.5 Å². The largest absolute Gasteiger partial charge is 0.497 e. The van der Waals surface area contributed by atoms with Crippen LogP contribution >= 0.6 is 0 Å². The first-order valence-corrected chi connectivity index (χ1v) is 9.27. The number of benzene rings is 1. The van der Waals surface area contributed by atoms with Crippen molar-refractivity contribution in [3.05, 3.63) is 41.8 Å². The fraction of sp³-hybridized carbons (Fsp3) is 0.524. The Kier molecular flexibility index (Phi) is 5.77. The lowest BCUT2D eigenvalue weighted by Crippen LogP contribution is -2.30. The molecule has 0 aliphatic heterocycles. The number of aliphatic hydroxyl groups excluding tert-OH is 1. The van der Waals surface area contributed by atoms with E-state index >= 15 is 0 Å². The maximum absolute atomic E-state index is 9.68. The van der Waals surface area contributed by atoms with Crippen molar-refractivity contribution in [3.8, 4) is 17.2 Å². The number of hydrogen-bond donors (Lipinski definition) is 1. The number of methoxy groups -OCH3 is 1. The number of allylic oxidation sites excluding steroid dienone is 1. The van der Waals surface area contributed by atoms with Crippen molar-refractivity contribution >= 4 is 0 Å². The van der Waals surface area contributed by atoms with E-state index in [1.807, 2.05) is 24.3 Å². The predicted molar refractivity (Wildman–Crippen MR) is 101 cm³/mol. The molecule has 1 aliphatic rings. The predicted octanol–water partition coefficient (Wildman–Crippen LogP) is 4.13. The maximum atomic E-state index is 9.68. The van der Waals surface area contributed by atoms with Crippen LogP contribution in [0.5, 0.6) is 5.75 Å². The summed E-state index contributed by atoms with van der Waals surface area (Å²) < 4.78 is 11.1. The highest BCUT2D eigenvalue weighted by atomic mass is 16.5. The number of hydrogen-bond acceptors (Lipinski definition) is 5. The molecule has 0 radical (unpaired) electrons. The highest BCUT2D eigenvalue weighted by Crippen LogP contribution is 2.38. The third-order valence-corrected chi connectivity index (χ3v) is 5.52. The van der Waals surface area contributed by atoms with E-state index in [9.17, 15) is 5.11 Å². The van der Waals surface area contributed by atoms with Gasteiger partial charge in [-0.05, 0) is 55.4 Å². The number of rotatable bonds is 6. The third-order valence-electron chi connectivity index (χ3n) is 5.52. The van der Waals surface area contributed by atoms with Gasteiger partial charge in [-0.15, -0.1) is 10.2 Å². The molecule has 2 aromatic rings. The summed E-state index contributed by atoms with van der Waals surface area (Å²) >= 11 is 0. The first kappa shape index (κ1) is 18.6. The summed E-state index contributed by atoms with van der Waals surface area (Å²) in [6.07, 6.45) is 4.03. The summed E-state index contributed by atoms with van der Waals surface area (Å²) in [6.45, 7) is 6.82. The fourth-order valence-corrected chi connectivity index (χ4v) is 3.88. The van der Waals surface area contributed by atoms with Gasteiger partial charge in [0.2, 0.25) is 11.8 Å². The van der Waals surface area contributed by atoms with Crippen LogP contribution in [-0.2, 0) is 6.42 Å². The van der Waals surface area contributed by atoms with E-state index in [0.717, 1.165) is 24.2 Å². The molecule has 1 aromatic heterocycles. The number of nitrogens with zero attached hydrogens (tertiary/aromatic N) is 2. The van der Waals surface area contributed by atoms with Crippen LogP contribution in [0, 0.1) is 23.7 Å². The van der Waals surface area contributed by atoms with E-state index in [2.05, 4.69) is 37.0 Å². The summed E-state index contributed by atoms with van der Waals surface area (Å²) in [6, 6.07) is 7.61. The molecule has 3 rings (SSSR count). The normalized spacial score (nSPS) is 23.2. The summed E-state index contributed by atoms with van der Waals surface area (Å²) in [7, 11) is 1.64. The second-order valence-corrected chi connectivity index (χ2v) is 7.53. The Morgan fingerprint density at radius 3 is 2.58 bits per heavy atom. The van der Waals surface area contributed by atoms with E-state index in [4.69, 9.17) is 9.15 Å². The van der Waals surface area contributed by atoms with Crippen LogP contribution in [0.3, 0.4) is 0 Å². The van der Waals surface area contributed by atoms with Gasteiger partial charge in [-0.3, -0.25) is 0 Å². The Labute approximate surface area is 155 Å². The van der Waals surface area contributed by atoms with E-state index in [-0.39, 0.29) is 12.5 Å². The van der Waals surface area contributed by atoms with E-state index in [0.29, 0.717) is 29.5 Å². The van der Waals surface area contributed by atoms with Crippen LogP contribution in [0.15, 0.2) is 40.3 Å². The van der Waals surface area contributed by atoms with Crippen LogP contribution in [0.4, 0.5) is 0 Å². The number of aromatic nitrogens is 2. The molecule has 1 N–H and O–H groups in total. The highest BCUT2D eigenvalue weighted by Gasteiger charge is 2.32. The molecule has 3 atom stereocenters. The molecule has 0 amide bonds. The van der Waals surface area contributed by atoms with Gasteiger partial charge in [0.1, 0.15) is 5.75 Å². The Hall–Kier alpha value is -2.14. The molecule has 26 heavy (non-hydrogen) atoms. The lowest BCUT2D eigenvalue weighted by molar-refractivity contribution is 0.147. The zero-order valence-corrected chi connectivity index (χ0v) is 16.0. The molecule has 0 bridgehead atoms. The van der Waals surface area contributed by atoms with Gasteiger partial charge in [-0.25, -0.2) is 0 Å². The van der Waals surface area contributed by atoms with Crippen molar-refractivity contribution in [1.29, 1.82) is 0 Å².